The zero-order valence-electron chi connectivity index (χ0n) is 7.59. The van der Waals surface area contributed by atoms with Crippen LogP contribution in [0.2, 0.25) is 0 Å². The molecule has 0 radical (unpaired) electrons. The maximum Gasteiger partial charge on any atom is 0.223 e. The van der Waals surface area contributed by atoms with E-state index in [1.165, 1.54) is 0 Å². The van der Waals surface area contributed by atoms with Gasteiger partial charge in [-0.3, -0.25) is 9.59 Å². The van der Waals surface area contributed by atoms with Gasteiger partial charge >= 0.3 is 0 Å². The van der Waals surface area contributed by atoms with Crippen molar-refractivity contribution in [2.24, 2.45) is 11.8 Å². The van der Waals surface area contributed by atoms with Crippen molar-refractivity contribution in [1.29, 1.82) is 0 Å². The topological polar surface area (TPSA) is 46.2 Å². The summed E-state index contributed by atoms with van der Waals surface area (Å²) in [6, 6.07) is 0. The zero-order valence-corrected chi connectivity index (χ0v) is 7.59. The Morgan fingerprint density at radius 2 is 2.33 bits per heavy atom. The highest BCUT2D eigenvalue weighted by atomic mass is 16.2. The van der Waals surface area contributed by atoms with Gasteiger partial charge in [0.15, 0.2) is 0 Å². The molecular weight excluding hydrogens is 154 g/mol. The zero-order chi connectivity index (χ0) is 9.14. The third-order valence-electron chi connectivity index (χ3n) is 2.25. The molecule has 0 spiro atoms. The van der Waals surface area contributed by atoms with E-state index >= 15 is 0 Å². The molecule has 1 atom stereocenters. The molecule has 1 N–H and O–H groups in total. The first kappa shape index (κ1) is 9.23. The van der Waals surface area contributed by atoms with Crippen LogP contribution in [0.4, 0.5) is 0 Å². The molecular formula is C9H15NO2. The molecule has 12 heavy (non-hydrogen) atoms. The van der Waals surface area contributed by atoms with Crippen molar-refractivity contribution in [3.8, 4) is 0 Å². The summed E-state index contributed by atoms with van der Waals surface area (Å²) in [5, 5.41) is 2.72. The number of carbonyl (C=O) groups excluding carboxylic acids is 2. The Hall–Kier alpha value is -0.860. The van der Waals surface area contributed by atoms with Gasteiger partial charge in [0.1, 0.15) is 5.78 Å². The molecule has 0 aromatic heterocycles. The standard InChI is InChI=1S/C9H15NO2/c1-6(2)8(11)5-7-3-4-10-9(7)12/h6-7H,3-5H2,1-2H3,(H,10,12)/t7-/m0/s1. The van der Waals surface area contributed by atoms with E-state index in [2.05, 4.69) is 5.32 Å². The quantitative estimate of drug-likeness (QED) is 0.677. The van der Waals surface area contributed by atoms with Crippen molar-refractivity contribution in [2.75, 3.05) is 6.54 Å². The first-order chi connectivity index (χ1) is 5.61. The molecule has 0 aromatic carbocycles. The maximum absolute atomic E-state index is 11.3. The molecule has 0 saturated carbocycles. The Labute approximate surface area is 72.5 Å². The summed E-state index contributed by atoms with van der Waals surface area (Å²) in [5.74, 6) is 0.236. The van der Waals surface area contributed by atoms with Gasteiger partial charge in [0.25, 0.3) is 0 Å². The summed E-state index contributed by atoms with van der Waals surface area (Å²) in [6.07, 6.45) is 1.24. The smallest absolute Gasteiger partial charge is 0.223 e. The third kappa shape index (κ3) is 2.06. The van der Waals surface area contributed by atoms with Crippen LogP contribution in [0.1, 0.15) is 26.7 Å². The van der Waals surface area contributed by atoms with Crippen molar-refractivity contribution in [3.05, 3.63) is 0 Å². The van der Waals surface area contributed by atoms with Gasteiger partial charge in [-0.25, -0.2) is 0 Å². The van der Waals surface area contributed by atoms with E-state index in [1.807, 2.05) is 13.8 Å². The molecule has 68 valence electrons. The first-order valence-electron chi connectivity index (χ1n) is 4.41. The molecule has 1 heterocycles. The molecule has 3 heteroatoms. The fourth-order valence-electron chi connectivity index (χ4n) is 1.32. The molecule has 0 bridgehead atoms. The lowest BCUT2D eigenvalue weighted by molar-refractivity contribution is -0.128. The number of hydrogen-bond donors (Lipinski definition) is 1. The maximum atomic E-state index is 11.3. The van der Waals surface area contributed by atoms with E-state index in [0.29, 0.717) is 6.42 Å². The van der Waals surface area contributed by atoms with Crippen LogP contribution >= 0.6 is 0 Å². The number of hydrogen-bond acceptors (Lipinski definition) is 2. The summed E-state index contributed by atoms with van der Waals surface area (Å²) in [7, 11) is 0. The van der Waals surface area contributed by atoms with Crippen molar-refractivity contribution in [2.45, 2.75) is 26.7 Å². The largest absolute Gasteiger partial charge is 0.356 e. The van der Waals surface area contributed by atoms with Gasteiger partial charge in [-0.2, -0.15) is 0 Å². The monoisotopic (exact) mass is 169 g/mol. The van der Waals surface area contributed by atoms with Gasteiger partial charge in [0.2, 0.25) is 5.91 Å². The van der Waals surface area contributed by atoms with E-state index in [-0.39, 0.29) is 23.5 Å². The van der Waals surface area contributed by atoms with Crippen LogP contribution in [0.5, 0.6) is 0 Å². The van der Waals surface area contributed by atoms with Crippen LogP contribution in [0.3, 0.4) is 0 Å². The van der Waals surface area contributed by atoms with Crippen LogP contribution in [0.15, 0.2) is 0 Å². The predicted molar refractivity (Wildman–Crippen MR) is 45.6 cm³/mol. The van der Waals surface area contributed by atoms with Crippen molar-refractivity contribution in [1.82, 2.24) is 5.32 Å². The highest BCUT2D eigenvalue weighted by Gasteiger charge is 2.26. The van der Waals surface area contributed by atoms with Gasteiger partial charge < -0.3 is 5.32 Å². The molecule has 0 aromatic rings. The summed E-state index contributed by atoms with van der Waals surface area (Å²) in [4.78, 5) is 22.3. The summed E-state index contributed by atoms with van der Waals surface area (Å²) in [6.45, 7) is 4.47. The van der Waals surface area contributed by atoms with Gasteiger partial charge in [0, 0.05) is 24.8 Å². The van der Waals surface area contributed by atoms with Gasteiger partial charge in [-0.1, -0.05) is 13.8 Å². The lowest BCUT2D eigenvalue weighted by atomic mass is 9.95. The van der Waals surface area contributed by atoms with E-state index in [0.717, 1.165) is 13.0 Å². The lowest BCUT2D eigenvalue weighted by Gasteiger charge is -2.07. The highest BCUT2D eigenvalue weighted by molar-refractivity contribution is 5.88. The van der Waals surface area contributed by atoms with Gasteiger partial charge in [-0.05, 0) is 6.42 Å². The number of amides is 1. The molecule has 1 aliphatic rings. The average molecular weight is 169 g/mol. The summed E-state index contributed by atoms with van der Waals surface area (Å²) >= 11 is 0. The second kappa shape index (κ2) is 3.70. The predicted octanol–water partition coefficient (Wildman–Crippen LogP) is 0.738. The second-order valence-electron chi connectivity index (χ2n) is 3.60. The minimum absolute atomic E-state index is 0.0454. The highest BCUT2D eigenvalue weighted by Crippen LogP contribution is 2.16. The number of Topliss-reactive ketones (excluding diaryl/α,β-unsaturated/α-hetero) is 1. The third-order valence-corrected chi connectivity index (χ3v) is 2.25. The minimum Gasteiger partial charge on any atom is -0.356 e. The van der Waals surface area contributed by atoms with Crippen LogP contribution in [-0.4, -0.2) is 18.2 Å². The number of carbonyl (C=O) groups is 2. The molecule has 1 saturated heterocycles. The van der Waals surface area contributed by atoms with Gasteiger partial charge in [0.05, 0.1) is 0 Å². The lowest BCUT2D eigenvalue weighted by Crippen LogP contribution is -2.22. The van der Waals surface area contributed by atoms with Crippen molar-refractivity contribution < 1.29 is 9.59 Å². The SMILES string of the molecule is CC(C)C(=O)C[C@@H]1CCNC1=O. The second-order valence-corrected chi connectivity index (χ2v) is 3.60. The summed E-state index contributed by atoms with van der Waals surface area (Å²) in [5.41, 5.74) is 0. The fraction of sp³-hybridized carbons (Fsp3) is 0.778. The van der Waals surface area contributed by atoms with Crippen LogP contribution in [0.25, 0.3) is 0 Å². The average Bonchev–Trinajstić information content (AvgIpc) is 2.36. The fourth-order valence-corrected chi connectivity index (χ4v) is 1.32. The molecule has 1 rings (SSSR count). The van der Waals surface area contributed by atoms with Crippen LogP contribution < -0.4 is 5.32 Å². The van der Waals surface area contributed by atoms with Crippen molar-refractivity contribution in [3.63, 3.8) is 0 Å². The number of ketones is 1. The Bertz CT molecular complexity index is 199. The van der Waals surface area contributed by atoms with Crippen molar-refractivity contribution >= 4 is 11.7 Å². The first-order valence-corrected chi connectivity index (χ1v) is 4.41. The van der Waals surface area contributed by atoms with Crippen LogP contribution in [-0.2, 0) is 9.59 Å². The van der Waals surface area contributed by atoms with E-state index in [1.54, 1.807) is 0 Å². The Balaban J connectivity index is 2.40. The Morgan fingerprint density at radius 1 is 1.67 bits per heavy atom. The Kier molecular flexibility index (Phi) is 2.84. The molecule has 0 aliphatic carbocycles. The summed E-state index contributed by atoms with van der Waals surface area (Å²) < 4.78 is 0. The Morgan fingerprint density at radius 3 is 2.75 bits per heavy atom. The van der Waals surface area contributed by atoms with E-state index < -0.39 is 0 Å². The molecule has 1 amide bonds. The normalized spacial score (nSPS) is 22.9. The number of nitrogens with one attached hydrogen (secondary N) is 1. The molecule has 1 aliphatic heterocycles. The molecule has 1 fully saturated rings. The minimum atomic E-state index is -0.0556. The van der Waals surface area contributed by atoms with E-state index in [4.69, 9.17) is 0 Å². The molecule has 3 nitrogen and oxygen atoms in total. The van der Waals surface area contributed by atoms with Gasteiger partial charge in [-0.15, -0.1) is 0 Å². The molecule has 0 unspecified atom stereocenters. The van der Waals surface area contributed by atoms with E-state index in [9.17, 15) is 9.59 Å². The van der Waals surface area contributed by atoms with Crippen LogP contribution in [0, 0.1) is 11.8 Å². The number of rotatable bonds is 3.